The number of rotatable bonds is 9. The highest BCUT2D eigenvalue weighted by molar-refractivity contribution is 6.22. The van der Waals surface area contributed by atoms with E-state index < -0.39 is 36.8 Å². The summed E-state index contributed by atoms with van der Waals surface area (Å²) in [6, 6.07) is 26.4. The Balaban J connectivity index is 1.25. The lowest BCUT2D eigenvalue weighted by Gasteiger charge is -2.18. The fourth-order valence-electron chi connectivity index (χ4n) is 4.01. The molecule has 0 fully saturated rings. The summed E-state index contributed by atoms with van der Waals surface area (Å²) >= 11 is 0. The van der Waals surface area contributed by atoms with E-state index in [1.165, 1.54) is 12.1 Å². The number of ether oxygens (including phenoxy) is 1. The summed E-state index contributed by atoms with van der Waals surface area (Å²) in [7, 11) is 0. The first-order valence-corrected chi connectivity index (χ1v) is 11.0. The Labute approximate surface area is 197 Å². The van der Waals surface area contributed by atoms with Crippen molar-refractivity contribution in [3.8, 4) is 0 Å². The first-order chi connectivity index (χ1) is 16.5. The Morgan fingerprint density at radius 1 is 0.765 bits per heavy atom. The highest BCUT2D eigenvalue weighted by Gasteiger charge is 2.36. The molecule has 3 aromatic carbocycles. The number of hydrogen-bond donors (Lipinski definition) is 1. The summed E-state index contributed by atoms with van der Waals surface area (Å²) in [4.78, 5) is 49.9. The molecular formula is C27H24N2O5. The second-order valence-electron chi connectivity index (χ2n) is 7.92. The van der Waals surface area contributed by atoms with Crippen molar-refractivity contribution in [2.75, 3.05) is 19.7 Å². The highest BCUT2D eigenvalue weighted by atomic mass is 16.5. The van der Waals surface area contributed by atoms with Crippen molar-refractivity contribution in [2.24, 2.45) is 0 Å². The number of carbonyl (C=O) groups is 4. The number of benzene rings is 3. The van der Waals surface area contributed by atoms with Crippen LogP contribution in [0.1, 0.15) is 44.2 Å². The van der Waals surface area contributed by atoms with Gasteiger partial charge in [0.2, 0.25) is 0 Å². The number of fused-ring (bicyclic) bond motifs is 1. The molecule has 0 spiro atoms. The summed E-state index contributed by atoms with van der Waals surface area (Å²) in [5.74, 6) is -2.25. The second-order valence-corrected chi connectivity index (χ2v) is 7.92. The molecule has 172 valence electrons. The van der Waals surface area contributed by atoms with Crippen LogP contribution in [0.2, 0.25) is 0 Å². The minimum absolute atomic E-state index is 0.110. The second kappa shape index (κ2) is 10.6. The molecule has 4 rings (SSSR count). The minimum atomic E-state index is -0.823. The molecule has 1 aliphatic heterocycles. The Morgan fingerprint density at radius 3 is 1.79 bits per heavy atom. The van der Waals surface area contributed by atoms with Gasteiger partial charge in [-0.3, -0.25) is 24.1 Å². The molecule has 7 nitrogen and oxygen atoms in total. The smallest absolute Gasteiger partial charge is 0.326 e. The van der Waals surface area contributed by atoms with Gasteiger partial charge in [0, 0.05) is 12.5 Å². The van der Waals surface area contributed by atoms with Gasteiger partial charge in [0.1, 0.15) is 6.54 Å². The first-order valence-electron chi connectivity index (χ1n) is 11.0. The summed E-state index contributed by atoms with van der Waals surface area (Å²) in [6.45, 7) is -0.629. The largest absolute Gasteiger partial charge is 0.454 e. The van der Waals surface area contributed by atoms with Gasteiger partial charge in [-0.05, 0) is 29.7 Å². The average Bonchev–Trinajstić information content (AvgIpc) is 3.11. The molecule has 0 bridgehead atoms. The van der Waals surface area contributed by atoms with Crippen molar-refractivity contribution in [3.63, 3.8) is 0 Å². The average molecular weight is 456 g/mol. The molecule has 3 amide bonds. The minimum Gasteiger partial charge on any atom is -0.454 e. The highest BCUT2D eigenvalue weighted by Crippen LogP contribution is 2.27. The topological polar surface area (TPSA) is 92.8 Å². The number of nitrogens with one attached hydrogen (secondary N) is 1. The number of amides is 3. The zero-order valence-corrected chi connectivity index (χ0v) is 18.5. The maximum atomic E-state index is 12.3. The molecular weight excluding hydrogens is 432 g/mol. The van der Waals surface area contributed by atoms with Crippen molar-refractivity contribution in [2.45, 2.75) is 12.3 Å². The van der Waals surface area contributed by atoms with E-state index in [0.717, 1.165) is 16.0 Å². The normalized spacial score (nSPS) is 12.6. The van der Waals surface area contributed by atoms with Crippen molar-refractivity contribution in [3.05, 3.63) is 107 Å². The maximum Gasteiger partial charge on any atom is 0.326 e. The third-order valence-electron chi connectivity index (χ3n) is 5.69. The predicted molar refractivity (Wildman–Crippen MR) is 125 cm³/mol. The van der Waals surface area contributed by atoms with E-state index in [9.17, 15) is 19.2 Å². The van der Waals surface area contributed by atoms with Gasteiger partial charge in [-0.2, -0.15) is 0 Å². The number of carbonyl (C=O) groups excluding carboxylic acids is 4. The molecule has 0 saturated heterocycles. The summed E-state index contributed by atoms with van der Waals surface area (Å²) in [6.07, 6.45) is 0.669. The van der Waals surface area contributed by atoms with Gasteiger partial charge in [0.25, 0.3) is 17.7 Å². The van der Waals surface area contributed by atoms with E-state index in [2.05, 4.69) is 29.6 Å². The SMILES string of the molecule is O=C(COC(=O)CN1C(=O)c2ccccc2C1=O)NCCC(c1ccccc1)c1ccccc1. The van der Waals surface area contributed by atoms with Crippen LogP contribution in [0.5, 0.6) is 0 Å². The zero-order chi connectivity index (χ0) is 23.9. The molecule has 0 aromatic heterocycles. The van der Waals surface area contributed by atoms with E-state index in [1.807, 2.05) is 36.4 Å². The summed E-state index contributed by atoms with van der Waals surface area (Å²) in [5.41, 5.74) is 2.81. The molecule has 7 heteroatoms. The van der Waals surface area contributed by atoms with Gasteiger partial charge in [0.15, 0.2) is 6.61 Å². The lowest BCUT2D eigenvalue weighted by Crippen LogP contribution is -2.37. The van der Waals surface area contributed by atoms with E-state index >= 15 is 0 Å². The fourth-order valence-corrected chi connectivity index (χ4v) is 4.01. The summed E-state index contributed by atoms with van der Waals surface area (Å²) < 4.78 is 4.99. The van der Waals surface area contributed by atoms with Gasteiger partial charge in [-0.25, -0.2) is 0 Å². The van der Waals surface area contributed by atoms with Gasteiger partial charge < -0.3 is 10.1 Å². The maximum absolute atomic E-state index is 12.3. The Hall–Kier alpha value is -4.26. The molecule has 0 saturated carbocycles. The molecule has 0 aliphatic carbocycles. The van der Waals surface area contributed by atoms with Crippen LogP contribution < -0.4 is 5.32 Å². The molecule has 0 atom stereocenters. The van der Waals surface area contributed by atoms with Gasteiger partial charge >= 0.3 is 5.97 Å². The van der Waals surface area contributed by atoms with E-state index in [0.29, 0.717) is 13.0 Å². The Morgan fingerprint density at radius 2 is 1.26 bits per heavy atom. The van der Waals surface area contributed by atoms with Crippen LogP contribution in [-0.4, -0.2) is 48.3 Å². The van der Waals surface area contributed by atoms with E-state index in [-0.39, 0.29) is 17.0 Å². The Bertz CT molecular complexity index is 1120. The van der Waals surface area contributed by atoms with Crippen molar-refractivity contribution in [1.82, 2.24) is 10.2 Å². The quantitative estimate of drug-likeness (QED) is 0.394. The van der Waals surface area contributed by atoms with Crippen molar-refractivity contribution >= 4 is 23.7 Å². The molecule has 1 heterocycles. The molecule has 34 heavy (non-hydrogen) atoms. The standard InChI is InChI=1S/C27H24N2O5/c30-24(18-34-25(31)17-29-26(32)22-13-7-8-14-23(22)27(29)33)28-16-15-21(19-9-3-1-4-10-19)20-11-5-2-6-12-20/h1-14,21H,15-18H2,(H,28,30). The van der Waals surface area contributed by atoms with Gasteiger partial charge in [-0.15, -0.1) is 0 Å². The number of imide groups is 1. The third-order valence-corrected chi connectivity index (χ3v) is 5.69. The van der Waals surface area contributed by atoms with E-state index in [4.69, 9.17) is 4.74 Å². The van der Waals surface area contributed by atoms with Crippen LogP contribution in [0.25, 0.3) is 0 Å². The van der Waals surface area contributed by atoms with Crippen LogP contribution in [0.15, 0.2) is 84.9 Å². The van der Waals surface area contributed by atoms with Crippen LogP contribution in [0.4, 0.5) is 0 Å². The molecule has 3 aromatic rings. The summed E-state index contributed by atoms with van der Waals surface area (Å²) in [5, 5.41) is 2.77. The van der Waals surface area contributed by atoms with Gasteiger partial charge in [-0.1, -0.05) is 72.8 Å². The zero-order valence-electron chi connectivity index (χ0n) is 18.5. The van der Waals surface area contributed by atoms with Crippen LogP contribution in [0, 0.1) is 0 Å². The number of nitrogens with zero attached hydrogens (tertiary/aromatic N) is 1. The van der Waals surface area contributed by atoms with E-state index in [1.54, 1.807) is 12.1 Å². The Kier molecular flexibility index (Phi) is 7.13. The monoisotopic (exact) mass is 456 g/mol. The van der Waals surface area contributed by atoms with Crippen LogP contribution >= 0.6 is 0 Å². The number of hydrogen-bond acceptors (Lipinski definition) is 5. The molecule has 0 unspecified atom stereocenters. The van der Waals surface area contributed by atoms with Crippen LogP contribution in [-0.2, 0) is 14.3 Å². The van der Waals surface area contributed by atoms with Gasteiger partial charge in [0.05, 0.1) is 11.1 Å². The fraction of sp³-hybridized carbons (Fsp3) is 0.185. The molecule has 1 N–H and O–H groups in total. The molecule has 1 aliphatic rings. The van der Waals surface area contributed by atoms with Crippen molar-refractivity contribution < 1.29 is 23.9 Å². The lowest BCUT2D eigenvalue weighted by atomic mass is 9.88. The first kappa shape index (κ1) is 22.9. The van der Waals surface area contributed by atoms with Crippen molar-refractivity contribution in [1.29, 1.82) is 0 Å². The number of esters is 1. The van der Waals surface area contributed by atoms with Crippen LogP contribution in [0.3, 0.4) is 0 Å². The predicted octanol–water partition coefficient (Wildman–Crippen LogP) is 3.16. The lowest BCUT2D eigenvalue weighted by molar-refractivity contribution is -0.148. The molecule has 0 radical (unpaired) electrons. The third kappa shape index (κ3) is 5.20.